The zero-order chi connectivity index (χ0) is 18.6. The monoisotopic (exact) mass is 387 g/mol. The van der Waals surface area contributed by atoms with Gasteiger partial charge in [0.25, 0.3) is 0 Å². The van der Waals surface area contributed by atoms with Crippen LogP contribution in [0.5, 0.6) is 0 Å². The Balaban J connectivity index is 1.26. The van der Waals surface area contributed by atoms with Crippen LogP contribution in [0.1, 0.15) is 30.7 Å². The van der Waals surface area contributed by atoms with Crippen molar-refractivity contribution >= 4 is 23.6 Å². The summed E-state index contributed by atoms with van der Waals surface area (Å²) in [5, 5.41) is 0. The lowest BCUT2D eigenvalue weighted by Gasteiger charge is -2.40. The Bertz CT molecular complexity index is 655. The highest BCUT2D eigenvalue weighted by Gasteiger charge is 2.34. The fraction of sp³-hybridized carbons (Fsp3) is 0.619. The number of rotatable bonds is 4. The van der Waals surface area contributed by atoms with Gasteiger partial charge >= 0.3 is 0 Å². The van der Waals surface area contributed by atoms with Crippen LogP contribution < -0.4 is 0 Å². The van der Waals surface area contributed by atoms with Gasteiger partial charge in [-0.25, -0.2) is 0 Å². The normalized spacial score (nSPS) is 25.2. The van der Waals surface area contributed by atoms with Gasteiger partial charge in [-0.3, -0.25) is 14.5 Å². The molecule has 146 valence electrons. The number of nitrogens with zero attached hydrogens (tertiary/aromatic N) is 3. The van der Waals surface area contributed by atoms with Crippen LogP contribution in [0.2, 0.25) is 0 Å². The van der Waals surface area contributed by atoms with E-state index >= 15 is 0 Å². The van der Waals surface area contributed by atoms with E-state index in [0.717, 1.165) is 25.9 Å². The SMILES string of the molecule is O=C(CN1C[C@H](c2ccccc2)CC1=O)N1CCC(N2CCSCC2)CC1. The highest BCUT2D eigenvalue weighted by Crippen LogP contribution is 2.28. The Labute approximate surface area is 166 Å². The van der Waals surface area contributed by atoms with Crippen molar-refractivity contribution in [2.45, 2.75) is 31.2 Å². The predicted octanol–water partition coefficient (Wildman–Crippen LogP) is 2.04. The lowest BCUT2D eigenvalue weighted by Crippen LogP contribution is -2.50. The van der Waals surface area contributed by atoms with Crippen LogP contribution in [0, 0.1) is 0 Å². The minimum absolute atomic E-state index is 0.109. The molecule has 0 spiro atoms. The average molecular weight is 388 g/mol. The zero-order valence-electron chi connectivity index (χ0n) is 15.9. The van der Waals surface area contributed by atoms with Crippen molar-refractivity contribution in [2.24, 2.45) is 0 Å². The number of amides is 2. The van der Waals surface area contributed by atoms with Crippen molar-refractivity contribution in [3.05, 3.63) is 35.9 Å². The lowest BCUT2D eigenvalue weighted by atomic mass is 9.99. The Morgan fingerprint density at radius 3 is 2.44 bits per heavy atom. The number of likely N-dealkylation sites (tertiary alicyclic amines) is 2. The molecule has 0 bridgehead atoms. The molecule has 3 aliphatic heterocycles. The third kappa shape index (κ3) is 4.49. The van der Waals surface area contributed by atoms with Gasteiger partial charge in [-0.2, -0.15) is 11.8 Å². The molecule has 5 nitrogen and oxygen atoms in total. The fourth-order valence-corrected chi connectivity index (χ4v) is 5.49. The van der Waals surface area contributed by atoms with Gasteiger partial charge in [-0.05, 0) is 18.4 Å². The van der Waals surface area contributed by atoms with Gasteiger partial charge in [-0.15, -0.1) is 0 Å². The molecule has 3 aliphatic rings. The third-order valence-electron chi connectivity index (χ3n) is 6.19. The van der Waals surface area contributed by atoms with E-state index in [1.165, 1.54) is 30.2 Å². The molecule has 3 heterocycles. The third-order valence-corrected chi connectivity index (χ3v) is 7.13. The van der Waals surface area contributed by atoms with Crippen LogP contribution >= 0.6 is 11.8 Å². The summed E-state index contributed by atoms with van der Waals surface area (Å²) in [5.41, 5.74) is 1.20. The largest absolute Gasteiger partial charge is 0.341 e. The maximum Gasteiger partial charge on any atom is 0.242 e. The first-order valence-electron chi connectivity index (χ1n) is 10.1. The second-order valence-electron chi connectivity index (χ2n) is 7.85. The van der Waals surface area contributed by atoms with E-state index in [1.807, 2.05) is 34.9 Å². The van der Waals surface area contributed by atoms with E-state index in [1.54, 1.807) is 4.90 Å². The quantitative estimate of drug-likeness (QED) is 0.793. The highest BCUT2D eigenvalue weighted by atomic mass is 32.2. The van der Waals surface area contributed by atoms with Crippen molar-refractivity contribution in [2.75, 3.05) is 50.8 Å². The first-order valence-corrected chi connectivity index (χ1v) is 11.3. The maximum absolute atomic E-state index is 12.7. The van der Waals surface area contributed by atoms with E-state index in [9.17, 15) is 9.59 Å². The average Bonchev–Trinajstić information content (AvgIpc) is 3.10. The second-order valence-corrected chi connectivity index (χ2v) is 9.07. The van der Waals surface area contributed by atoms with Gasteiger partial charge in [0.1, 0.15) is 0 Å². The number of benzene rings is 1. The lowest BCUT2D eigenvalue weighted by molar-refractivity contribution is -0.139. The van der Waals surface area contributed by atoms with Gasteiger partial charge in [0.2, 0.25) is 11.8 Å². The van der Waals surface area contributed by atoms with Crippen LogP contribution in [0.4, 0.5) is 0 Å². The molecule has 2 amide bonds. The van der Waals surface area contributed by atoms with Crippen LogP contribution in [-0.4, -0.2) is 83.3 Å². The van der Waals surface area contributed by atoms with E-state index in [4.69, 9.17) is 0 Å². The Morgan fingerprint density at radius 2 is 1.74 bits per heavy atom. The van der Waals surface area contributed by atoms with Crippen molar-refractivity contribution in [3.63, 3.8) is 0 Å². The van der Waals surface area contributed by atoms with Crippen molar-refractivity contribution in [1.82, 2.24) is 14.7 Å². The zero-order valence-corrected chi connectivity index (χ0v) is 16.7. The van der Waals surface area contributed by atoms with E-state index < -0.39 is 0 Å². The van der Waals surface area contributed by atoms with Gasteiger partial charge in [0.05, 0.1) is 6.54 Å². The predicted molar refractivity (Wildman–Crippen MR) is 109 cm³/mol. The molecule has 0 aliphatic carbocycles. The van der Waals surface area contributed by atoms with Crippen molar-refractivity contribution < 1.29 is 9.59 Å². The molecule has 0 N–H and O–H groups in total. The van der Waals surface area contributed by atoms with Gasteiger partial charge in [0, 0.05) is 62.6 Å². The number of piperidine rings is 1. The molecule has 3 fully saturated rings. The molecule has 6 heteroatoms. The molecule has 0 radical (unpaired) electrons. The van der Waals surface area contributed by atoms with Gasteiger partial charge in [-0.1, -0.05) is 30.3 Å². The second kappa shape index (κ2) is 8.65. The van der Waals surface area contributed by atoms with E-state index in [0.29, 0.717) is 19.0 Å². The number of hydrogen-bond acceptors (Lipinski definition) is 4. The van der Waals surface area contributed by atoms with Crippen molar-refractivity contribution in [3.8, 4) is 0 Å². The minimum Gasteiger partial charge on any atom is -0.341 e. The maximum atomic E-state index is 12.7. The van der Waals surface area contributed by atoms with Crippen LogP contribution in [0.3, 0.4) is 0 Å². The van der Waals surface area contributed by atoms with Crippen LogP contribution in [-0.2, 0) is 9.59 Å². The molecule has 0 unspecified atom stereocenters. The van der Waals surface area contributed by atoms with Crippen LogP contribution in [0.25, 0.3) is 0 Å². The summed E-state index contributed by atoms with van der Waals surface area (Å²) in [5.74, 6) is 2.91. The molecule has 1 aromatic rings. The summed E-state index contributed by atoms with van der Waals surface area (Å²) in [6.07, 6.45) is 2.65. The molecule has 3 saturated heterocycles. The molecule has 0 aromatic heterocycles. The number of hydrogen-bond donors (Lipinski definition) is 0. The topological polar surface area (TPSA) is 43.9 Å². The number of carbonyl (C=O) groups excluding carboxylic acids is 2. The molecule has 27 heavy (non-hydrogen) atoms. The number of carbonyl (C=O) groups is 2. The van der Waals surface area contributed by atoms with Crippen molar-refractivity contribution in [1.29, 1.82) is 0 Å². The molecule has 1 aromatic carbocycles. The Hall–Kier alpha value is -1.53. The van der Waals surface area contributed by atoms with E-state index in [-0.39, 0.29) is 24.3 Å². The molecule has 1 atom stereocenters. The Kier molecular flexibility index (Phi) is 6.03. The van der Waals surface area contributed by atoms with Crippen LogP contribution in [0.15, 0.2) is 30.3 Å². The summed E-state index contributed by atoms with van der Waals surface area (Å²) in [7, 11) is 0. The number of thioether (sulfide) groups is 1. The van der Waals surface area contributed by atoms with Gasteiger partial charge in [0.15, 0.2) is 0 Å². The first-order chi connectivity index (χ1) is 13.2. The first kappa shape index (κ1) is 18.8. The summed E-state index contributed by atoms with van der Waals surface area (Å²) in [6, 6.07) is 10.8. The summed E-state index contributed by atoms with van der Waals surface area (Å²) >= 11 is 2.04. The summed E-state index contributed by atoms with van der Waals surface area (Å²) < 4.78 is 0. The standard InChI is InChI=1S/C21H29N3O2S/c25-20-14-18(17-4-2-1-3-5-17)15-24(20)16-21(26)23-8-6-19(7-9-23)22-10-12-27-13-11-22/h1-5,18-19H,6-16H2/t18-/m1/s1. The molecular formula is C21H29N3O2S. The molecule has 0 saturated carbocycles. The Morgan fingerprint density at radius 1 is 1.04 bits per heavy atom. The molecular weight excluding hydrogens is 358 g/mol. The minimum atomic E-state index is 0.109. The smallest absolute Gasteiger partial charge is 0.242 e. The summed E-state index contributed by atoms with van der Waals surface area (Å²) in [6.45, 7) is 4.94. The van der Waals surface area contributed by atoms with Gasteiger partial charge < -0.3 is 9.80 Å². The summed E-state index contributed by atoms with van der Waals surface area (Å²) in [4.78, 5) is 31.5. The highest BCUT2D eigenvalue weighted by molar-refractivity contribution is 7.99. The van der Waals surface area contributed by atoms with E-state index in [2.05, 4.69) is 17.0 Å². The fourth-order valence-electron chi connectivity index (χ4n) is 4.56. The molecule has 4 rings (SSSR count).